The molecule has 0 aliphatic carbocycles. The normalized spacial score (nSPS) is 10.2. The van der Waals surface area contributed by atoms with E-state index < -0.39 is 11.7 Å². The Morgan fingerprint density at radius 3 is 2.47 bits per heavy atom. The molecule has 0 fully saturated rings. The number of carbonyl (C=O) groups excluding carboxylic acids is 1. The van der Waals surface area contributed by atoms with Crippen LogP contribution in [0.25, 0.3) is 0 Å². The molecule has 0 saturated heterocycles. The number of nitrogens with one attached hydrogen (secondary N) is 1. The zero-order valence-corrected chi connectivity index (χ0v) is 10.7. The predicted molar refractivity (Wildman–Crippen MR) is 73.7 cm³/mol. The average Bonchev–Trinajstić information content (AvgIpc) is 2.39. The van der Waals surface area contributed by atoms with Crippen molar-refractivity contribution in [1.82, 2.24) is 0 Å². The molecule has 19 heavy (non-hydrogen) atoms. The maximum atomic E-state index is 13.7. The molecule has 0 spiro atoms. The van der Waals surface area contributed by atoms with Gasteiger partial charge in [0.05, 0.1) is 0 Å². The van der Waals surface area contributed by atoms with Gasteiger partial charge in [-0.25, -0.2) is 4.39 Å². The lowest BCUT2D eigenvalue weighted by Crippen LogP contribution is -2.12. The summed E-state index contributed by atoms with van der Waals surface area (Å²) in [6.45, 7) is 0.312. The summed E-state index contributed by atoms with van der Waals surface area (Å²) in [4.78, 5) is 10.9. The number of halogens is 2. The van der Waals surface area contributed by atoms with Crippen molar-refractivity contribution in [1.29, 1.82) is 0 Å². The molecule has 98 valence electrons. The van der Waals surface area contributed by atoms with Crippen LogP contribution < -0.4 is 11.1 Å². The van der Waals surface area contributed by atoms with Crippen molar-refractivity contribution in [2.24, 2.45) is 5.73 Å². The number of amides is 1. The zero-order valence-electron chi connectivity index (χ0n) is 9.99. The molecule has 5 heteroatoms. The van der Waals surface area contributed by atoms with Gasteiger partial charge in [-0.15, -0.1) is 0 Å². The number of nitrogens with two attached hydrogens (primary N) is 1. The predicted octanol–water partition coefficient (Wildman–Crippen LogP) is 3.19. The van der Waals surface area contributed by atoms with Crippen molar-refractivity contribution in [3.63, 3.8) is 0 Å². The average molecular weight is 279 g/mol. The summed E-state index contributed by atoms with van der Waals surface area (Å²) in [5.41, 5.74) is 6.53. The molecule has 0 bridgehead atoms. The van der Waals surface area contributed by atoms with Crippen LogP contribution >= 0.6 is 11.6 Å². The minimum atomic E-state index is -0.642. The Kier molecular flexibility index (Phi) is 4.02. The Labute approximate surface area is 115 Å². The fraction of sp³-hybridized carbons (Fsp3) is 0.0714. The highest BCUT2D eigenvalue weighted by Gasteiger charge is 2.06. The fourth-order valence-corrected chi connectivity index (χ4v) is 1.73. The fourth-order valence-electron chi connectivity index (χ4n) is 1.61. The molecule has 0 atom stereocenters. The van der Waals surface area contributed by atoms with E-state index in [1.54, 1.807) is 30.3 Å². The molecule has 0 saturated carbocycles. The smallest absolute Gasteiger partial charge is 0.248 e. The first-order valence-corrected chi connectivity index (χ1v) is 6.02. The van der Waals surface area contributed by atoms with E-state index in [1.165, 1.54) is 6.07 Å². The van der Waals surface area contributed by atoms with Crippen LogP contribution in [0, 0.1) is 5.82 Å². The topological polar surface area (TPSA) is 55.1 Å². The first-order valence-electron chi connectivity index (χ1n) is 5.64. The first-order chi connectivity index (χ1) is 9.06. The Hall–Kier alpha value is -2.07. The van der Waals surface area contributed by atoms with E-state index in [9.17, 15) is 9.18 Å². The lowest BCUT2D eigenvalue weighted by molar-refractivity contribution is 0.1000. The second-order valence-electron chi connectivity index (χ2n) is 4.03. The van der Waals surface area contributed by atoms with Gasteiger partial charge in [0.15, 0.2) is 0 Å². The van der Waals surface area contributed by atoms with Crippen LogP contribution in [0.1, 0.15) is 15.9 Å². The molecule has 0 aliphatic rings. The Bertz CT molecular complexity index is 599. The third-order valence-corrected chi connectivity index (χ3v) is 2.92. The Balaban J connectivity index is 2.07. The number of carbonyl (C=O) groups is 1. The summed E-state index contributed by atoms with van der Waals surface area (Å²) in [5, 5.41) is 3.70. The monoisotopic (exact) mass is 278 g/mol. The summed E-state index contributed by atoms with van der Waals surface area (Å²) < 4.78 is 13.7. The van der Waals surface area contributed by atoms with E-state index in [4.69, 9.17) is 17.3 Å². The summed E-state index contributed by atoms with van der Waals surface area (Å²) >= 11 is 5.77. The third-order valence-electron chi connectivity index (χ3n) is 2.66. The maximum Gasteiger partial charge on any atom is 0.248 e. The number of hydrogen-bond acceptors (Lipinski definition) is 2. The Morgan fingerprint density at radius 1 is 1.21 bits per heavy atom. The molecule has 3 nitrogen and oxygen atoms in total. The highest BCUT2D eigenvalue weighted by atomic mass is 35.5. The summed E-state index contributed by atoms with van der Waals surface area (Å²) in [6, 6.07) is 11.3. The number of rotatable bonds is 4. The van der Waals surface area contributed by atoms with Crippen LogP contribution in [-0.4, -0.2) is 5.91 Å². The largest absolute Gasteiger partial charge is 0.381 e. The van der Waals surface area contributed by atoms with E-state index in [-0.39, 0.29) is 5.56 Å². The van der Waals surface area contributed by atoms with Gasteiger partial charge in [-0.1, -0.05) is 17.7 Å². The summed E-state index contributed by atoms with van der Waals surface area (Å²) in [7, 11) is 0. The van der Waals surface area contributed by atoms with E-state index in [1.807, 2.05) is 0 Å². The molecule has 1 amide bonds. The molecule has 0 aliphatic heterocycles. The van der Waals surface area contributed by atoms with Gasteiger partial charge in [-0.3, -0.25) is 4.79 Å². The minimum absolute atomic E-state index is 0.160. The van der Waals surface area contributed by atoms with Gasteiger partial charge >= 0.3 is 0 Å². The molecule has 0 radical (unpaired) electrons. The SMILES string of the molecule is NC(=O)c1ccc(CNc2ccc(Cl)cc2)c(F)c1. The number of hydrogen-bond donors (Lipinski definition) is 2. The van der Waals surface area contributed by atoms with Gasteiger partial charge in [-0.05, 0) is 36.4 Å². The van der Waals surface area contributed by atoms with Crippen molar-refractivity contribution < 1.29 is 9.18 Å². The number of primary amides is 1. The van der Waals surface area contributed by atoms with Crippen molar-refractivity contribution >= 4 is 23.2 Å². The van der Waals surface area contributed by atoms with E-state index in [2.05, 4.69) is 5.32 Å². The lowest BCUT2D eigenvalue weighted by Gasteiger charge is -2.08. The highest BCUT2D eigenvalue weighted by Crippen LogP contribution is 2.16. The van der Waals surface area contributed by atoms with E-state index in [0.29, 0.717) is 17.1 Å². The molecule has 0 heterocycles. The van der Waals surface area contributed by atoms with Crippen molar-refractivity contribution in [2.75, 3.05) is 5.32 Å². The zero-order chi connectivity index (χ0) is 13.8. The van der Waals surface area contributed by atoms with Crippen LogP contribution in [0.3, 0.4) is 0 Å². The minimum Gasteiger partial charge on any atom is -0.381 e. The van der Waals surface area contributed by atoms with Gasteiger partial charge < -0.3 is 11.1 Å². The van der Waals surface area contributed by atoms with E-state index >= 15 is 0 Å². The highest BCUT2D eigenvalue weighted by molar-refractivity contribution is 6.30. The first kappa shape index (κ1) is 13.4. The third kappa shape index (κ3) is 3.45. The summed E-state index contributed by atoms with van der Waals surface area (Å²) in [6.07, 6.45) is 0. The number of anilines is 1. The van der Waals surface area contributed by atoms with Crippen LogP contribution in [-0.2, 0) is 6.54 Å². The van der Waals surface area contributed by atoms with Crippen LogP contribution in [0.4, 0.5) is 10.1 Å². The molecule has 3 N–H and O–H groups in total. The van der Waals surface area contributed by atoms with Gasteiger partial charge in [0, 0.05) is 28.4 Å². The Morgan fingerprint density at radius 2 is 1.89 bits per heavy atom. The standard InChI is InChI=1S/C14H12ClFN2O/c15-11-3-5-12(6-4-11)18-8-10-2-1-9(14(17)19)7-13(10)16/h1-7,18H,8H2,(H2,17,19). The lowest BCUT2D eigenvalue weighted by atomic mass is 10.1. The molecule has 2 rings (SSSR count). The molecule has 0 aromatic heterocycles. The van der Waals surface area contributed by atoms with Crippen molar-refractivity contribution in [3.05, 3.63) is 64.4 Å². The van der Waals surface area contributed by atoms with Crippen LogP contribution in [0.5, 0.6) is 0 Å². The molecule has 0 unspecified atom stereocenters. The molecule has 2 aromatic rings. The van der Waals surface area contributed by atoms with Gasteiger partial charge in [0.2, 0.25) is 5.91 Å². The quantitative estimate of drug-likeness (QED) is 0.902. The molecular formula is C14H12ClFN2O. The van der Waals surface area contributed by atoms with Gasteiger partial charge in [-0.2, -0.15) is 0 Å². The molecule has 2 aromatic carbocycles. The van der Waals surface area contributed by atoms with Crippen LogP contribution in [0.2, 0.25) is 5.02 Å². The maximum absolute atomic E-state index is 13.7. The molecular weight excluding hydrogens is 267 g/mol. The summed E-state index contributed by atoms with van der Waals surface area (Å²) in [5.74, 6) is -1.10. The van der Waals surface area contributed by atoms with Crippen LogP contribution in [0.15, 0.2) is 42.5 Å². The van der Waals surface area contributed by atoms with Crippen molar-refractivity contribution in [3.8, 4) is 0 Å². The number of benzene rings is 2. The van der Waals surface area contributed by atoms with Crippen molar-refractivity contribution in [2.45, 2.75) is 6.54 Å². The van der Waals surface area contributed by atoms with Gasteiger partial charge in [0.1, 0.15) is 5.82 Å². The second-order valence-corrected chi connectivity index (χ2v) is 4.47. The van der Waals surface area contributed by atoms with Gasteiger partial charge in [0.25, 0.3) is 0 Å². The van der Waals surface area contributed by atoms with E-state index in [0.717, 1.165) is 11.8 Å². The second kappa shape index (κ2) is 5.71.